The summed E-state index contributed by atoms with van der Waals surface area (Å²) in [6.45, 7) is 5.99. The lowest BCUT2D eigenvalue weighted by atomic mass is 10.1. The van der Waals surface area contributed by atoms with Crippen molar-refractivity contribution in [1.29, 1.82) is 0 Å². The first-order chi connectivity index (χ1) is 11.9. The van der Waals surface area contributed by atoms with Crippen LogP contribution in [0, 0.1) is 19.7 Å². The quantitative estimate of drug-likeness (QED) is 0.715. The summed E-state index contributed by atoms with van der Waals surface area (Å²) in [4.78, 5) is 13.0. The highest BCUT2D eigenvalue weighted by Gasteiger charge is 2.10. The van der Waals surface area contributed by atoms with Gasteiger partial charge in [-0.1, -0.05) is 29.8 Å². The molecule has 1 amide bonds. The van der Waals surface area contributed by atoms with Crippen LogP contribution in [0.5, 0.6) is 5.75 Å². The van der Waals surface area contributed by atoms with Gasteiger partial charge in [-0.05, 0) is 37.6 Å². The molecule has 2 aromatic carbocycles. The molecule has 5 heteroatoms. The number of aryl methyl sites for hydroxylation is 2. The Kier molecular flexibility index (Phi) is 6.95. The number of likely N-dealkylation sites (N-methyl/N-ethyl adjacent to an activating group) is 1. The van der Waals surface area contributed by atoms with Gasteiger partial charge in [0.05, 0.1) is 13.6 Å². The van der Waals surface area contributed by atoms with Crippen molar-refractivity contribution in [1.82, 2.24) is 5.32 Å². The number of ether oxygens (including phenoxy) is 1. The van der Waals surface area contributed by atoms with E-state index in [0.717, 1.165) is 21.8 Å². The van der Waals surface area contributed by atoms with Crippen LogP contribution in [0.1, 0.15) is 16.7 Å². The highest BCUT2D eigenvalue weighted by molar-refractivity contribution is 5.76. The van der Waals surface area contributed by atoms with Gasteiger partial charge in [0.2, 0.25) is 0 Å². The summed E-state index contributed by atoms with van der Waals surface area (Å²) in [5.41, 5.74) is 3.30. The van der Waals surface area contributed by atoms with Crippen molar-refractivity contribution in [2.24, 2.45) is 0 Å². The normalized spacial score (nSPS) is 11.8. The molecular formula is C20H26FN2O2+. The second-order valence-corrected chi connectivity index (χ2v) is 6.40. The number of quaternary nitrogens is 1. The first kappa shape index (κ1) is 18.9. The van der Waals surface area contributed by atoms with Crippen molar-refractivity contribution < 1.29 is 18.8 Å². The van der Waals surface area contributed by atoms with Crippen molar-refractivity contribution in [2.45, 2.75) is 20.4 Å². The number of carbonyl (C=O) groups excluding carboxylic acids is 1. The van der Waals surface area contributed by atoms with Crippen molar-refractivity contribution >= 4 is 5.91 Å². The third-order valence-corrected chi connectivity index (χ3v) is 3.89. The van der Waals surface area contributed by atoms with Crippen molar-refractivity contribution in [3.63, 3.8) is 0 Å². The summed E-state index contributed by atoms with van der Waals surface area (Å²) in [6, 6.07) is 12.4. The van der Waals surface area contributed by atoms with Crippen molar-refractivity contribution in [2.75, 3.05) is 26.7 Å². The molecule has 1 unspecified atom stereocenters. The van der Waals surface area contributed by atoms with E-state index < -0.39 is 0 Å². The van der Waals surface area contributed by atoms with Gasteiger partial charge in [-0.15, -0.1) is 0 Å². The maximum atomic E-state index is 12.9. The number of carbonyl (C=O) groups is 1. The van der Waals surface area contributed by atoms with E-state index in [0.29, 0.717) is 26.2 Å². The molecule has 134 valence electrons. The minimum Gasteiger partial charge on any atom is -0.491 e. The summed E-state index contributed by atoms with van der Waals surface area (Å²) < 4.78 is 18.6. The fourth-order valence-electron chi connectivity index (χ4n) is 2.66. The highest BCUT2D eigenvalue weighted by Crippen LogP contribution is 2.18. The van der Waals surface area contributed by atoms with E-state index in [9.17, 15) is 9.18 Å². The predicted molar refractivity (Wildman–Crippen MR) is 96.3 cm³/mol. The smallest absolute Gasteiger partial charge is 0.275 e. The second kappa shape index (κ2) is 9.18. The van der Waals surface area contributed by atoms with Gasteiger partial charge in [0.25, 0.3) is 5.91 Å². The maximum absolute atomic E-state index is 12.9. The molecule has 0 saturated heterocycles. The molecule has 0 aliphatic rings. The molecule has 0 radical (unpaired) electrons. The van der Waals surface area contributed by atoms with Gasteiger partial charge in [0.1, 0.15) is 24.7 Å². The van der Waals surface area contributed by atoms with Gasteiger partial charge in [0.15, 0.2) is 6.54 Å². The molecule has 2 aromatic rings. The minimum atomic E-state index is -0.247. The number of hydrogen-bond acceptors (Lipinski definition) is 2. The van der Waals surface area contributed by atoms with Crippen LogP contribution in [0.3, 0.4) is 0 Å². The Balaban J connectivity index is 1.67. The monoisotopic (exact) mass is 345 g/mol. The first-order valence-corrected chi connectivity index (χ1v) is 8.46. The lowest BCUT2D eigenvalue weighted by Crippen LogP contribution is -3.08. The Morgan fingerprint density at radius 1 is 1.16 bits per heavy atom. The number of amides is 1. The SMILES string of the molecule is Cc1ccc(OCCNC(=O)C[NH+](C)Cc2ccc(F)cc2)c(C)c1. The average molecular weight is 345 g/mol. The lowest BCUT2D eigenvalue weighted by molar-refractivity contribution is -0.885. The van der Waals surface area contributed by atoms with Gasteiger partial charge in [-0.25, -0.2) is 4.39 Å². The fourth-order valence-corrected chi connectivity index (χ4v) is 2.66. The largest absolute Gasteiger partial charge is 0.491 e. The van der Waals surface area contributed by atoms with Crippen molar-refractivity contribution in [3.05, 3.63) is 65.0 Å². The molecular weight excluding hydrogens is 319 g/mol. The van der Waals surface area contributed by atoms with Gasteiger partial charge >= 0.3 is 0 Å². The third kappa shape index (κ3) is 6.55. The van der Waals surface area contributed by atoms with E-state index in [2.05, 4.69) is 11.4 Å². The summed E-state index contributed by atoms with van der Waals surface area (Å²) in [6.07, 6.45) is 0. The number of hydrogen-bond donors (Lipinski definition) is 2. The minimum absolute atomic E-state index is 0.0242. The summed E-state index contributed by atoms with van der Waals surface area (Å²) in [5, 5.41) is 2.86. The molecule has 0 heterocycles. The third-order valence-electron chi connectivity index (χ3n) is 3.89. The zero-order chi connectivity index (χ0) is 18.2. The first-order valence-electron chi connectivity index (χ1n) is 8.46. The zero-order valence-electron chi connectivity index (χ0n) is 15.1. The predicted octanol–water partition coefficient (Wildman–Crippen LogP) is 1.65. The number of halogens is 1. The highest BCUT2D eigenvalue weighted by atomic mass is 19.1. The summed E-state index contributed by atoms with van der Waals surface area (Å²) in [7, 11) is 1.94. The molecule has 0 aliphatic carbocycles. The Hall–Kier alpha value is -2.40. The van der Waals surface area contributed by atoms with E-state index in [1.165, 1.54) is 17.7 Å². The average Bonchev–Trinajstić information content (AvgIpc) is 2.55. The molecule has 0 fully saturated rings. The molecule has 1 atom stereocenters. The Labute approximate surface area is 148 Å². The second-order valence-electron chi connectivity index (χ2n) is 6.40. The van der Waals surface area contributed by atoms with E-state index >= 15 is 0 Å². The number of nitrogens with one attached hydrogen (secondary N) is 2. The zero-order valence-corrected chi connectivity index (χ0v) is 15.1. The van der Waals surface area contributed by atoms with Crippen LogP contribution >= 0.6 is 0 Å². The Morgan fingerprint density at radius 3 is 2.56 bits per heavy atom. The van der Waals surface area contributed by atoms with Crippen LogP contribution in [-0.2, 0) is 11.3 Å². The molecule has 2 rings (SSSR count). The molecule has 2 N–H and O–H groups in total. The van der Waals surface area contributed by atoms with E-state index in [1.807, 2.05) is 33.0 Å². The van der Waals surface area contributed by atoms with Gasteiger partial charge in [-0.3, -0.25) is 4.79 Å². The molecule has 25 heavy (non-hydrogen) atoms. The van der Waals surface area contributed by atoms with Crippen LogP contribution < -0.4 is 15.0 Å². The fraction of sp³-hybridized carbons (Fsp3) is 0.350. The topological polar surface area (TPSA) is 42.8 Å². The van der Waals surface area contributed by atoms with E-state index in [4.69, 9.17) is 4.74 Å². The maximum Gasteiger partial charge on any atom is 0.275 e. The number of rotatable bonds is 8. The molecule has 0 aliphatic heterocycles. The van der Waals surface area contributed by atoms with Crippen LogP contribution in [0.2, 0.25) is 0 Å². The Morgan fingerprint density at radius 2 is 1.88 bits per heavy atom. The van der Waals surface area contributed by atoms with Crippen LogP contribution in [-0.4, -0.2) is 32.7 Å². The van der Waals surface area contributed by atoms with Gasteiger partial charge in [-0.2, -0.15) is 0 Å². The molecule has 0 bridgehead atoms. The standard InChI is InChI=1S/C20H25FN2O2/c1-15-4-9-19(16(2)12-15)25-11-10-22-20(24)14-23(3)13-17-5-7-18(21)8-6-17/h4-9,12H,10-11,13-14H2,1-3H3,(H,22,24)/p+1. The summed E-state index contributed by atoms with van der Waals surface area (Å²) >= 11 is 0. The molecule has 0 aromatic heterocycles. The van der Waals surface area contributed by atoms with Crippen molar-refractivity contribution in [3.8, 4) is 5.75 Å². The molecule has 0 spiro atoms. The van der Waals surface area contributed by atoms with Gasteiger partial charge in [0, 0.05) is 5.56 Å². The van der Waals surface area contributed by atoms with E-state index in [-0.39, 0.29) is 11.7 Å². The van der Waals surface area contributed by atoms with Crippen LogP contribution in [0.4, 0.5) is 4.39 Å². The summed E-state index contributed by atoms with van der Waals surface area (Å²) in [5.74, 6) is 0.575. The van der Waals surface area contributed by atoms with Gasteiger partial charge < -0.3 is 15.0 Å². The van der Waals surface area contributed by atoms with E-state index in [1.54, 1.807) is 12.1 Å². The van der Waals surface area contributed by atoms with Crippen LogP contribution in [0.15, 0.2) is 42.5 Å². The Bertz CT molecular complexity index is 701. The number of benzene rings is 2. The molecule has 0 saturated carbocycles. The lowest BCUT2D eigenvalue weighted by Gasteiger charge is -2.14. The molecule has 4 nitrogen and oxygen atoms in total. The van der Waals surface area contributed by atoms with Crippen LogP contribution in [0.25, 0.3) is 0 Å².